The van der Waals surface area contributed by atoms with Crippen LogP contribution >= 0.6 is 0 Å². The van der Waals surface area contributed by atoms with Crippen LogP contribution in [-0.2, 0) is 9.59 Å². The van der Waals surface area contributed by atoms with Gasteiger partial charge >= 0.3 is 24.3 Å². The normalized spacial score (nSPS) is 20.0. The number of halogens is 6. The standard InChI is InChI=1S/C24H29N5O.2C2HF3O2/c1-15-10-19(11-16(2)27-15)18-8-9-22(21(12-18)17-6-4-3-5-7-17)29-24(30)23-26-14-20(13-25)28-23;2*3-2(4,5)1(6)7/h6,8-9,12,14-16,19,27H,3-5,7,10-11H2,1-2H3,(H,26,28)(H,29,30);2*(H,6,7)/t15-,16-;;/m0../s1. The molecule has 1 fully saturated rings. The van der Waals surface area contributed by atoms with Crippen LogP contribution in [0.3, 0.4) is 0 Å². The van der Waals surface area contributed by atoms with Crippen molar-refractivity contribution >= 4 is 29.1 Å². The quantitative estimate of drug-likeness (QED) is 0.256. The van der Waals surface area contributed by atoms with Crippen molar-refractivity contribution in [3.05, 3.63) is 53.1 Å². The molecular weight excluding hydrogens is 600 g/mol. The molecule has 10 nitrogen and oxygen atoms in total. The highest BCUT2D eigenvalue weighted by molar-refractivity contribution is 6.03. The van der Waals surface area contributed by atoms with Gasteiger partial charge in [-0.25, -0.2) is 14.6 Å². The van der Waals surface area contributed by atoms with E-state index in [1.807, 2.05) is 12.1 Å². The highest BCUT2D eigenvalue weighted by Gasteiger charge is 2.39. The minimum Gasteiger partial charge on any atom is -0.475 e. The smallest absolute Gasteiger partial charge is 0.475 e. The summed E-state index contributed by atoms with van der Waals surface area (Å²) in [5.74, 6) is -5.17. The molecule has 2 heterocycles. The van der Waals surface area contributed by atoms with Gasteiger partial charge in [-0.2, -0.15) is 31.6 Å². The van der Waals surface area contributed by atoms with Gasteiger partial charge in [0.1, 0.15) is 11.8 Å². The topological polar surface area (TPSA) is 168 Å². The van der Waals surface area contributed by atoms with Crippen LogP contribution < -0.4 is 10.6 Å². The van der Waals surface area contributed by atoms with E-state index in [0.29, 0.717) is 18.0 Å². The summed E-state index contributed by atoms with van der Waals surface area (Å²) in [6, 6.07) is 9.44. The van der Waals surface area contributed by atoms with Gasteiger partial charge in [0.15, 0.2) is 5.82 Å². The maximum Gasteiger partial charge on any atom is 0.490 e. The molecular formula is C28H31F6N5O5. The number of aromatic amines is 1. The fraction of sp³-hybridized carbons (Fsp3) is 0.464. The maximum atomic E-state index is 12.7. The van der Waals surface area contributed by atoms with E-state index in [1.165, 1.54) is 30.2 Å². The number of carbonyl (C=O) groups excluding carboxylic acids is 1. The molecule has 2 atom stereocenters. The summed E-state index contributed by atoms with van der Waals surface area (Å²) in [6.07, 6.45) is 0.277. The summed E-state index contributed by atoms with van der Waals surface area (Å²) >= 11 is 0. The third kappa shape index (κ3) is 11.0. The minimum absolute atomic E-state index is 0.153. The number of carbonyl (C=O) groups is 3. The van der Waals surface area contributed by atoms with Gasteiger partial charge < -0.3 is 25.8 Å². The van der Waals surface area contributed by atoms with Crippen molar-refractivity contribution in [3.8, 4) is 6.07 Å². The molecule has 1 aliphatic carbocycles. The second-order valence-electron chi connectivity index (χ2n) is 10.2. The largest absolute Gasteiger partial charge is 0.490 e. The number of nitriles is 1. The highest BCUT2D eigenvalue weighted by atomic mass is 19.4. The SMILES string of the molecule is C[C@H]1CC(c2ccc(NC(=O)c3ncc(C#N)[nH]3)c(C3=CCCCC3)c2)C[C@H](C)N1.O=C(O)C(F)(F)F.O=C(O)C(F)(F)F. The van der Waals surface area contributed by atoms with Crippen molar-refractivity contribution in [1.29, 1.82) is 5.26 Å². The lowest BCUT2D eigenvalue weighted by Crippen LogP contribution is -2.41. The van der Waals surface area contributed by atoms with Crippen LogP contribution in [-0.4, -0.2) is 62.5 Å². The summed E-state index contributed by atoms with van der Waals surface area (Å²) in [4.78, 5) is 37.3. The fourth-order valence-electron chi connectivity index (χ4n) is 4.79. The van der Waals surface area contributed by atoms with Crippen LogP contribution in [0, 0.1) is 11.3 Å². The molecule has 2 aliphatic rings. The first kappa shape index (κ1) is 35.8. The lowest BCUT2D eigenvalue weighted by molar-refractivity contribution is -0.193. The molecule has 0 spiro atoms. The molecule has 2 aromatic rings. The summed E-state index contributed by atoms with van der Waals surface area (Å²) in [7, 11) is 0. The number of hydrogen-bond donors (Lipinski definition) is 5. The number of allylic oxidation sites excluding steroid dienone is 2. The molecule has 1 aliphatic heterocycles. The first-order chi connectivity index (χ1) is 20.4. The van der Waals surface area contributed by atoms with Crippen molar-refractivity contribution in [3.63, 3.8) is 0 Å². The van der Waals surface area contributed by atoms with Crippen molar-refractivity contribution in [2.45, 2.75) is 82.7 Å². The van der Waals surface area contributed by atoms with Gasteiger partial charge in [-0.3, -0.25) is 4.79 Å². The van der Waals surface area contributed by atoms with Crippen LogP contribution in [0.1, 0.15) is 85.7 Å². The predicted molar refractivity (Wildman–Crippen MR) is 146 cm³/mol. The molecule has 0 radical (unpaired) electrons. The Morgan fingerprint density at radius 3 is 2.02 bits per heavy atom. The third-order valence-corrected chi connectivity index (χ3v) is 6.64. The molecule has 1 aromatic carbocycles. The van der Waals surface area contributed by atoms with Crippen LogP contribution in [0.2, 0.25) is 0 Å². The highest BCUT2D eigenvalue weighted by Crippen LogP contribution is 2.37. The number of alkyl halides is 6. The molecule has 5 N–H and O–H groups in total. The second kappa shape index (κ2) is 15.4. The number of rotatable bonds is 4. The third-order valence-electron chi connectivity index (χ3n) is 6.64. The number of aromatic nitrogens is 2. The van der Waals surface area contributed by atoms with E-state index in [4.69, 9.17) is 25.1 Å². The summed E-state index contributed by atoms with van der Waals surface area (Å²) in [6.45, 7) is 4.50. The molecule has 44 heavy (non-hydrogen) atoms. The van der Waals surface area contributed by atoms with Gasteiger partial charge in [-0.15, -0.1) is 0 Å². The molecule has 16 heteroatoms. The van der Waals surface area contributed by atoms with Crippen molar-refractivity contribution in [1.82, 2.24) is 15.3 Å². The van der Waals surface area contributed by atoms with E-state index in [0.717, 1.165) is 36.9 Å². The summed E-state index contributed by atoms with van der Waals surface area (Å²) in [5, 5.41) is 29.8. The van der Waals surface area contributed by atoms with Gasteiger partial charge in [-0.1, -0.05) is 12.1 Å². The molecule has 1 amide bonds. The second-order valence-corrected chi connectivity index (χ2v) is 10.2. The zero-order valence-electron chi connectivity index (χ0n) is 23.6. The monoisotopic (exact) mass is 631 g/mol. The van der Waals surface area contributed by atoms with Gasteiger partial charge in [0, 0.05) is 23.3 Å². The number of nitrogens with zero attached hydrogens (tertiary/aromatic N) is 2. The van der Waals surface area contributed by atoms with Crippen LogP contribution in [0.4, 0.5) is 32.0 Å². The van der Waals surface area contributed by atoms with Gasteiger partial charge in [-0.05, 0) is 81.6 Å². The fourth-order valence-corrected chi connectivity index (χ4v) is 4.79. The Morgan fingerprint density at radius 2 is 1.57 bits per heavy atom. The van der Waals surface area contributed by atoms with Gasteiger partial charge in [0.05, 0.1) is 6.20 Å². The molecule has 1 aromatic heterocycles. The minimum atomic E-state index is -5.08. The number of imidazole rings is 1. The number of aliphatic carboxylic acids is 2. The van der Waals surface area contributed by atoms with Crippen molar-refractivity contribution in [2.75, 3.05) is 5.32 Å². The Bertz CT molecular complexity index is 1360. The number of benzene rings is 1. The van der Waals surface area contributed by atoms with Crippen LogP contribution in [0.25, 0.3) is 5.57 Å². The Morgan fingerprint density at radius 1 is 1.00 bits per heavy atom. The Labute approximate surface area is 248 Å². The zero-order valence-corrected chi connectivity index (χ0v) is 23.6. The van der Waals surface area contributed by atoms with E-state index < -0.39 is 24.3 Å². The maximum absolute atomic E-state index is 12.7. The van der Waals surface area contributed by atoms with Gasteiger partial charge in [0.25, 0.3) is 5.91 Å². The number of carboxylic acids is 2. The summed E-state index contributed by atoms with van der Waals surface area (Å²) < 4.78 is 63.5. The van der Waals surface area contributed by atoms with E-state index in [1.54, 1.807) is 0 Å². The van der Waals surface area contributed by atoms with Crippen LogP contribution in [0.5, 0.6) is 0 Å². The Balaban J connectivity index is 0.000000402. The lowest BCUT2D eigenvalue weighted by atomic mass is 9.82. The number of H-pyrrole nitrogens is 1. The number of anilines is 1. The number of piperidine rings is 1. The van der Waals surface area contributed by atoms with Crippen molar-refractivity contribution in [2.24, 2.45) is 0 Å². The van der Waals surface area contributed by atoms with E-state index in [-0.39, 0.29) is 17.4 Å². The Hall–Kier alpha value is -4.39. The number of hydrogen-bond acceptors (Lipinski definition) is 6. The van der Waals surface area contributed by atoms with Crippen LogP contribution in [0.15, 0.2) is 30.5 Å². The predicted octanol–water partition coefficient (Wildman–Crippen LogP) is 6.00. The van der Waals surface area contributed by atoms with E-state index in [2.05, 4.69) is 52.7 Å². The molecule has 1 saturated heterocycles. The molecule has 0 unspecified atom stereocenters. The average molecular weight is 632 g/mol. The molecule has 240 valence electrons. The first-order valence-electron chi connectivity index (χ1n) is 13.4. The Kier molecular flexibility index (Phi) is 12.5. The summed E-state index contributed by atoms with van der Waals surface area (Å²) in [5.41, 5.74) is 4.86. The van der Waals surface area contributed by atoms with Gasteiger partial charge in [0.2, 0.25) is 0 Å². The zero-order chi connectivity index (χ0) is 33.2. The number of amides is 1. The van der Waals surface area contributed by atoms with E-state index in [9.17, 15) is 31.1 Å². The average Bonchev–Trinajstić information content (AvgIpc) is 3.43. The molecule has 0 bridgehead atoms. The lowest BCUT2D eigenvalue weighted by Gasteiger charge is -2.33. The molecule has 4 rings (SSSR count). The number of nitrogens with one attached hydrogen (secondary N) is 3. The number of carboxylic acid groups (broad SMARTS) is 2. The van der Waals surface area contributed by atoms with Crippen molar-refractivity contribution < 1.29 is 50.9 Å². The molecule has 0 saturated carbocycles. The first-order valence-corrected chi connectivity index (χ1v) is 13.4. The van der Waals surface area contributed by atoms with E-state index >= 15 is 0 Å².